The summed E-state index contributed by atoms with van der Waals surface area (Å²) in [6.07, 6.45) is 2.75. The first kappa shape index (κ1) is 14.1. The third-order valence-corrected chi connectivity index (χ3v) is 5.18. The Balaban J connectivity index is 1.83. The highest BCUT2D eigenvalue weighted by Gasteiger charge is 2.23. The third kappa shape index (κ3) is 2.78. The number of aromatic nitrogens is 1. The molecule has 0 bridgehead atoms. The van der Waals surface area contributed by atoms with E-state index < -0.39 is 0 Å². The van der Waals surface area contributed by atoms with E-state index in [1.165, 1.54) is 22.3 Å². The predicted octanol–water partition coefficient (Wildman–Crippen LogP) is 2.86. The van der Waals surface area contributed by atoms with E-state index in [-0.39, 0.29) is 17.5 Å². The summed E-state index contributed by atoms with van der Waals surface area (Å²) < 4.78 is 0. The van der Waals surface area contributed by atoms with Crippen molar-refractivity contribution in [3.63, 3.8) is 0 Å². The molecule has 2 heterocycles. The van der Waals surface area contributed by atoms with Crippen LogP contribution in [-0.4, -0.2) is 10.9 Å². The number of pyridine rings is 1. The Morgan fingerprint density at radius 2 is 2.19 bits per heavy atom. The summed E-state index contributed by atoms with van der Waals surface area (Å²) in [5.41, 5.74) is 3.07. The van der Waals surface area contributed by atoms with Crippen molar-refractivity contribution < 1.29 is 4.79 Å². The van der Waals surface area contributed by atoms with Crippen molar-refractivity contribution in [2.24, 2.45) is 0 Å². The Hall–Kier alpha value is -1.88. The van der Waals surface area contributed by atoms with E-state index in [0.717, 1.165) is 41.0 Å². The van der Waals surface area contributed by atoms with E-state index in [4.69, 9.17) is 0 Å². The second-order valence-electron chi connectivity index (χ2n) is 5.52. The molecule has 3 rings (SSSR count). The molecule has 1 amide bonds. The Kier molecular flexibility index (Phi) is 3.68. The first-order chi connectivity index (χ1) is 10.0. The third-order valence-electron chi connectivity index (χ3n) is 4.03. The molecule has 110 valence electrons. The van der Waals surface area contributed by atoms with Crippen molar-refractivity contribution in [3.05, 3.63) is 55.1 Å². The number of fused-ring (bicyclic) bond motifs is 1. The largest absolute Gasteiger partial charge is 0.344 e. The average Bonchev–Trinajstić information content (AvgIpc) is 2.79. The van der Waals surface area contributed by atoms with Gasteiger partial charge >= 0.3 is 0 Å². The zero-order chi connectivity index (χ0) is 15.0. The number of rotatable bonds is 2. The standard InChI is InChI=1S/C16H18N2O2S/c1-9-8-14(21-10(9)2)16(20)18-13-5-3-4-12-11(13)6-7-15(19)17-12/h6-8,13H,3-5H2,1-2H3,(H,17,19)(H,18,20). The second kappa shape index (κ2) is 5.48. The lowest BCUT2D eigenvalue weighted by atomic mass is 9.91. The highest BCUT2D eigenvalue weighted by molar-refractivity contribution is 7.14. The van der Waals surface area contributed by atoms with Gasteiger partial charge in [0.1, 0.15) is 0 Å². The van der Waals surface area contributed by atoms with Crippen LogP contribution >= 0.6 is 11.3 Å². The number of carbonyl (C=O) groups is 1. The maximum absolute atomic E-state index is 12.4. The van der Waals surface area contributed by atoms with Crippen LogP contribution < -0.4 is 10.9 Å². The molecule has 5 heteroatoms. The maximum atomic E-state index is 12.4. The molecular weight excluding hydrogens is 284 g/mol. The first-order valence-corrected chi connectivity index (χ1v) is 7.96. The van der Waals surface area contributed by atoms with Crippen LogP contribution in [0.25, 0.3) is 0 Å². The van der Waals surface area contributed by atoms with Gasteiger partial charge in [-0.3, -0.25) is 9.59 Å². The smallest absolute Gasteiger partial charge is 0.261 e. The highest BCUT2D eigenvalue weighted by atomic mass is 32.1. The van der Waals surface area contributed by atoms with Gasteiger partial charge in [-0.25, -0.2) is 0 Å². The number of aryl methyl sites for hydroxylation is 3. The molecule has 0 spiro atoms. The topological polar surface area (TPSA) is 62.0 Å². The Labute approximate surface area is 127 Å². The van der Waals surface area contributed by atoms with Gasteiger partial charge in [-0.05, 0) is 56.4 Å². The van der Waals surface area contributed by atoms with Gasteiger partial charge in [0.25, 0.3) is 5.91 Å². The molecule has 0 saturated carbocycles. The van der Waals surface area contributed by atoms with E-state index in [0.29, 0.717) is 0 Å². The summed E-state index contributed by atoms with van der Waals surface area (Å²) in [5.74, 6) is -0.0275. The predicted molar refractivity (Wildman–Crippen MR) is 84.0 cm³/mol. The Morgan fingerprint density at radius 3 is 2.90 bits per heavy atom. The molecule has 1 aliphatic carbocycles. The van der Waals surface area contributed by atoms with Gasteiger partial charge in [0.2, 0.25) is 5.56 Å². The molecule has 2 N–H and O–H groups in total. The van der Waals surface area contributed by atoms with Crippen molar-refractivity contribution in [2.75, 3.05) is 0 Å². The fraction of sp³-hybridized carbons (Fsp3) is 0.375. The number of thiophene rings is 1. The van der Waals surface area contributed by atoms with Gasteiger partial charge in [-0.15, -0.1) is 11.3 Å². The number of carbonyl (C=O) groups excluding carboxylic acids is 1. The van der Waals surface area contributed by atoms with Crippen LogP contribution in [0.4, 0.5) is 0 Å². The van der Waals surface area contributed by atoms with E-state index >= 15 is 0 Å². The zero-order valence-corrected chi connectivity index (χ0v) is 13.0. The van der Waals surface area contributed by atoms with Gasteiger partial charge in [0.15, 0.2) is 0 Å². The number of hydrogen-bond donors (Lipinski definition) is 2. The number of amides is 1. The fourth-order valence-electron chi connectivity index (χ4n) is 2.76. The van der Waals surface area contributed by atoms with Gasteiger partial charge in [0, 0.05) is 16.6 Å². The van der Waals surface area contributed by atoms with Gasteiger partial charge < -0.3 is 10.3 Å². The number of H-pyrrole nitrogens is 1. The molecule has 0 saturated heterocycles. The first-order valence-electron chi connectivity index (χ1n) is 7.14. The average molecular weight is 302 g/mol. The monoisotopic (exact) mass is 302 g/mol. The summed E-state index contributed by atoms with van der Waals surface area (Å²) in [6.45, 7) is 4.04. The van der Waals surface area contributed by atoms with E-state index in [1.54, 1.807) is 0 Å². The lowest BCUT2D eigenvalue weighted by Gasteiger charge is -2.25. The van der Waals surface area contributed by atoms with Crippen LogP contribution in [0.1, 0.15) is 50.3 Å². The van der Waals surface area contributed by atoms with E-state index in [9.17, 15) is 9.59 Å². The molecule has 0 radical (unpaired) electrons. The molecule has 2 aromatic rings. The van der Waals surface area contributed by atoms with E-state index in [1.807, 2.05) is 26.0 Å². The quantitative estimate of drug-likeness (QED) is 0.896. The molecule has 21 heavy (non-hydrogen) atoms. The van der Waals surface area contributed by atoms with Crippen LogP contribution in [0.2, 0.25) is 0 Å². The van der Waals surface area contributed by atoms with Crippen molar-refractivity contribution >= 4 is 17.2 Å². The summed E-state index contributed by atoms with van der Waals surface area (Å²) in [6, 6.07) is 5.29. The fourth-order valence-corrected chi connectivity index (χ4v) is 3.70. The van der Waals surface area contributed by atoms with Crippen LogP contribution in [0.5, 0.6) is 0 Å². The van der Waals surface area contributed by atoms with Crippen LogP contribution in [-0.2, 0) is 6.42 Å². The SMILES string of the molecule is Cc1cc(C(=O)NC2CCCc3[nH]c(=O)ccc32)sc1C. The molecule has 1 unspecified atom stereocenters. The van der Waals surface area contributed by atoms with Crippen LogP contribution in [0, 0.1) is 13.8 Å². The van der Waals surface area contributed by atoms with Crippen LogP contribution in [0.3, 0.4) is 0 Å². The van der Waals surface area contributed by atoms with E-state index in [2.05, 4.69) is 10.3 Å². The summed E-state index contributed by atoms with van der Waals surface area (Å²) in [4.78, 5) is 28.6. The lowest BCUT2D eigenvalue weighted by Crippen LogP contribution is -2.31. The molecule has 1 atom stereocenters. The summed E-state index contributed by atoms with van der Waals surface area (Å²) in [7, 11) is 0. The molecule has 1 aliphatic rings. The normalized spacial score (nSPS) is 17.3. The zero-order valence-electron chi connectivity index (χ0n) is 12.2. The maximum Gasteiger partial charge on any atom is 0.261 e. The van der Waals surface area contributed by atoms with Gasteiger partial charge in [-0.1, -0.05) is 0 Å². The molecule has 0 aromatic carbocycles. The molecule has 0 aliphatic heterocycles. The van der Waals surface area contributed by atoms with Crippen molar-refractivity contribution in [1.82, 2.24) is 10.3 Å². The number of hydrogen-bond acceptors (Lipinski definition) is 3. The Bertz CT molecular complexity index is 725. The second-order valence-corrected chi connectivity index (χ2v) is 6.78. The molecular formula is C16H18N2O2S. The minimum Gasteiger partial charge on any atom is -0.344 e. The van der Waals surface area contributed by atoms with Gasteiger partial charge in [0.05, 0.1) is 10.9 Å². The minimum atomic E-state index is -0.0785. The van der Waals surface area contributed by atoms with Gasteiger partial charge in [-0.2, -0.15) is 0 Å². The Morgan fingerprint density at radius 1 is 1.38 bits per heavy atom. The number of nitrogens with one attached hydrogen (secondary N) is 2. The molecule has 0 fully saturated rings. The van der Waals surface area contributed by atoms with Crippen molar-refractivity contribution in [1.29, 1.82) is 0 Å². The number of aromatic amines is 1. The lowest BCUT2D eigenvalue weighted by molar-refractivity contribution is 0.0936. The summed E-state index contributed by atoms with van der Waals surface area (Å²) >= 11 is 1.52. The van der Waals surface area contributed by atoms with Crippen LogP contribution in [0.15, 0.2) is 23.0 Å². The van der Waals surface area contributed by atoms with Crippen molar-refractivity contribution in [3.8, 4) is 0 Å². The highest BCUT2D eigenvalue weighted by Crippen LogP contribution is 2.28. The minimum absolute atomic E-state index is 0.0131. The van der Waals surface area contributed by atoms with Crippen molar-refractivity contribution in [2.45, 2.75) is 39.2 Å². The molecule has 2 aromatic heterocycles. The summed E-state index contributed by atoms with van der Waals surface area (Å²) in [5, 5.41) is 3.10. The molecule has 4 nitrogen and oxygen atoms in total.